The number of nitrogens with one attached hydrogen (secondary N) is 1. The lowest BCUT2D eigenvalue weighted by molar-refractivity contribution is 0.208. The molecule has 1 fully saturated rings. The molecule has 0 unspecified atom stereocenters. The first-order valence-electron chi connectivity index (χ1n) is 10.4. The largest absolute Gasteiger partial charge is 0.420 e. The van der Waals surface area contributed by atoms with E-state index in [1.54, 1.807) is 23.1 Å². The van der Waals surface area contributed by atoms with Crippen LogP contribution in [0, 0.1) is 0 Å². The Morgan fingerprint density at radius 1 is 0.969 bits per heavy atom. The van der Waals surface area contributed by atoms with E-state index in [1.165, 1.54) is 0 Å². The molecule has 2 heterocycles. The molecule has 0 saturated carbocycles. The lowest BCUT2D eigenvalue weighted by Gasteiger charge is -2.36. The highest BCUT2D eigenvalue weighted by molar-refractivity contribution is 6.39. The molecule has 4 rings (SSSR count). The third kappa shape index (κ3) is 4.84. The first-order chi connectivity index (χ1) is 15.2. The SMILES string of the molecule is CC(C)(C)c1nnc(-c2ccc(N3CCN(C(=O)Nc4c(Cl)cccc4Cl)CC3)cc2)o1. The van der Waals surface area contributed by atoms with Gasteiger partial charge in [-0.2, -0.15) is 0 Å². The number of anilines is 2. The summed E-state index contributed by atoms with van der Waals surface area (Å²) in [5.41, 5.74) is 2.22. The molecule has 0 atom stereocenters. The van der Waals surface area contributed by atoms with Gasteiger partial charge in [-0.1, -0.05) is 50.0 Å². The third-order valence-electron chi connectivity index (χ3n) is 5.31. The van der Waals surface area contributed by atoms with E-state index in [4.69, 9.17) is 27.6 Å². The van der Waals surface area contributed by atoms with Crippen LogP contribution in [0.3, 0.4) is 0 Å². The lowest BCUT2D eigenvalue weighted by Crippen LogP contribution is -2.50. The molecule has 1 aliphatic heterocycles. The number of benzene rings is 2. The Labute approximate surface area is 197 Å². The van der Waals surface area contributed by atoms with Crippen molar-refractivity contribution in [3.8, 4) is 11.5 Å². The molecular formula is C23H25Cl2N5O2. The number of rotatable bonds is 3. The Morgan fingerprint density at radius 3 is 2.16 bits per heavy atom. The molecule has 1 aromatic heterocycles. The fourth-order valence-corrected chi connectivity index (χ4v) is 3.92. The molecule has 0 spiro atoms. The Balaban J connectivity index is 1.36. The Bertz CT molecular complexity index is 1080. The van der Waals surface area contributed by atoms with Crippen molar-refractivity contribution >= 4 is 40.6 Å². The van der Waals surface area contributed by atoms with Crippen molar-refractivity contribution in [3.05, 3.63) is 58.4 Å². The van der Waals surface area contributed by atoms with Gasteiger partial charge in [0.1, 0.15) is 0 Å². The summed E-state index contributed by atoms with van der Waals surface area (Å²) in [6, 6.07) is 13.0. The number of para-hydroxylation sites is 1. The summed E-state index contributed by atoms with van der Waals surface area (Å²) in [6.45, 7) is 8.74. The number of hydrogen-bond donors (Lipinski definition) is 1. The maximum atomic E-state index is 12.6. The minimum absolute atomic E-state index is 0.186. The van der Waals surface area contributed by atoms with Crippen LogP contribution in [0.1, 0.15) is 26.7 Å². The topological polar surface area (TPSA) is 74.5 Å². The van der Waals surface area contributed by atoms with Crippen LogP contribution >= 0.6 is 23.2 Å². The predicted octanol–water partition coefficient (Wildman–Crippen LogP) is 5.70. The van der Waals surface area contributed by atoms with Gasteiger partial charge >= 0.3 is 6.03 Å². The maximum Gasteiger partial charge on any atom is 0.322 e. The second-order valence-electron chi connectivity index (χ2n) is 8.71. The van der Waals surface area contributed by atoms with E-state index in [-0.39, 0.29) is 11.4 Å². The predicted molar refractivity (Wildman–Crippen MR) is 128 cm³/mol. The van der Waals surface area contributed by atoms with E-state index in [2.05, 4.69) is 20.4 Å². The van der Waals surface area contributed by atoms with Gasteiger partial charge in [0.25, 0.3) is 0 Å². The number of halogens is 2. The molecular weight excluding hydrogens is 449 g/mol. The van der Waals surface area contributed by atoms with Gasteiger partial charge < -0.3 is 19.5 Å². The highest BCUT2D eigenvalue weighted by Gasteiger charge is 2.24. The number of urea groups is 1. The van der Waals surface area contributed by atoms with Gasteiger partial charge in [-0.05, 0) is 36.4 Å². The number of hydrogen-bond acceptors (Lipinski definition) is 5. The molecule has 1 aliphatic rings. The number of aromatic nitrogens is 2. The molecule has 7 nitrogen and oxygen atoms in total. The minimum atomic E-state index is -0.207. The summed E-state index contributed by atoms with van der Waals surface area (Å²) in [5, 5.41) is 12.0. The van der Waals surface area contributed by atoms with E-state index < -0.39 is 0 Å². The zero-order chi connectivity index (χ0) is 22.9. The second-order valence-corrected chi connectivity index (χ2v) is 9.52. The number of nitrogens with zero attached hydrogens (tertiary/aromatic N) is 4. The van der Waals surface area contributed by atoms with Crippen LogP contribution in [0.2, 0.25) is 10.0 Å². The van der Waals surface area contributed by atoms with Crippen molar-refractivity contribution < 1.29 is 9.21 Å². The van der Waals surface area contributed by atoms with Gasteiger partial charge in [0.2, 0.25) is 11.8 Å². The normalized spacial score (nSPS) is 14.5. The number of amides is 2. The fraction of sp³-hybridized carbons (Fsp3) is 0.348. The molecule has 2 aromatic carbocycles. The highest BCUT2D eigenvalue weighted by Crippen LogP contribution is 2.30. The molecule has 1 saturated heterocycles. The Kier molecular flexibility index (Phi) is 6.31. The van der Waals surface area contributed by atoms with Crippen LogP contribution in [0.5, 0.6) is 0 Å². The van der Waals surface area contributed by atoms with Crippen molar-refractivity contribution in [2.75, 3.05) is 36.4 Å². The maximum absolute atomic E-state index is 12.6. The molecule has 0 aliphatic carbocycles. The summed E-state index contributed by atoms with van der Waals surface area (Å²) in [7, 11) is 0. The molecule has 0 radical (unpaired) electrons. The molecule has 2 amide bonds. The van der Waals surface area contributed by atoms with E-state index in [0.29, 0.717) is 40.6 Å². The van der Waals surface area contributed by atoms with Crippen molar-refractivity contribution in [1.82, 2.24) is 15.1 Å². The van der Waals surface area contributed by atoms with Crippen molar-refractivity contribution in [1.29, 1.82) is 0 Å². The first kappa shape index (κ1) is 22.4. The number of piperazine rings is 1. The van der Waals surface area contributed by atoms with Crippen molar-refractivity contribution in [2.45, 2.75) is 26.2 Å². The lowest BCUT2D eigenvalue weighted by atomic mass is 9.97. The van der Waals surface area contributed by atoms with Gasteiger partial charge in [-0.15, -0.1) is 10.2 Å². The standard InChI is InChI=1S/C23H25Cl2N5O2/c1-23(2,3)21-28-27-20(32-21)15-7-9-16(10-8-15)29-11-13-30(14-12-29)22(31)26-19-17(24)5-4-6-18(19)25/h4-10H,11-14H2,1-3H3,(H,26,31). The summed E-state index contributed by atoms with van der Waals surface area (Å²) < 4.78 is 5.82. The molecule has 1 N–H and O–H groups in total. The molecule has 9 heteroatoms. The van der Waals surface area contributed by atoms with Crippen LogP contribution in [0.15, 0.2) is 46.9 Å². The van der Waals surface area contributed by atoms with Crippen LogP contribution in [-0.4, -0.2) is 47.3 Å². The van der Waals surface area contributed by atoms with Gasteiger partial charge in [0.15, 0.2) is 0 Å². The van der Waals surface area contributed by atoms with Crippen LogP contribution in [0.25, 0.3) is 11.5 Å². The zero-order valence-corrected chi connectivity index (χ0v) is 19.7. The molecule has 0 bridgehead atoms. The minimum Gasteiger partial charge on any atom is -0.420 e. The third-order valence-corrected chi connectivity index (χ3v) is 5.94. The molecule has 32 heavy (non-hydrogen) atoms. The summed E-state index contributed by atoms with van der Waals surface area (Å²) in [4.78, 5) is 16.6. The summed E-state index contributed by atoms with van der Waals surface area (Å²) in [6.07, 6.45) is 0. The average molecular weight is 474 g/mol. The molecule has 168 valence electrons. The number of carbonyl (C=O) groups is 1. The zero-order valence-electron chi connectivity index (χ0n) is 18.2. The Morgan fingerprint density at radius 2 is 1.59 bits per heavy atom. The fourth-order valence-electron chi connectivity index (χ4n) is 3.43. The van der Waals surface area contributed by atoms with Crippen molar-refractivity contribution in [2.24, 2.45) is 0 Å². The second kappa shape index (κ2) is 9.00. The highest BCUT2D eigenvalue weighted by atomic mass is 35.5. The van der Waals surface area contributed by atoms with Gasteiger partial charge in [0.05, 0.1) is 15.7 Å². The van der Waals surface area contributed by atoms with E-state index >= 15 is 0 Å². The van der Waals surface area contributed by atoms with Crippen LogP contribution < -0.4 is 10.2 Å². The monoisotopic (exact) mass is 473 g/mol. The quantitative estimate of drug-likeness (QED) is 0.528. The van der Waals surface area contributed by atoms with Gasteiger partial charge in [-0.25, -0.2) is 4.79 Å². The summed E-state index contributed by atoms with van der Waals surface area (Å²) in [5.74, 6) is 1.13. The van der Waals surface area contributed by atoms with E-state index in [0.717, 1.165) is 24.3 Å². The van der Waals surface area contributed by atoms with E-state index in [1.807, 2.05) is 45.0 Å². The van der Waals surface area contributed by atoms with Crippen LogP contribution in [-0.2, 0) is 5.41 Å². The first-order valence-corrected chi connectivity index (χ1v) is 11.2. The number of carbonyl (C=O) groups excluding carboxylic acids is 1. The Hall–Kier alpha value is -2.77. The van der Waals surface area contributed by atoms with E-state index in [9.17, 15) is 4.79 Å². The van der Waals surface area contributed by atoms with Gasteiger partial charge in [-0.3, -0.25) is 0 Å². The van der Waals surface area contributed by atoms with Crippen LogP contribution in [0.4, 0.5) is 16.2 Å². The van der Waals surface area contributed by atoms with Crippen molar-refractivity contribution in [3.63, 3.8) is 0 Å². The average Bonchev–Trinajstić information content (AvgIpc) is 3.28. The molecule has 3 aromatic rings. The van der Waals surface area contributed by atoms with Gasteiger partial charge in [0, 0.05) is 42.8 Å². The smallest absolute Gasteiger partial charge is 0.322 e. The summed E-state index contributed by atoms with van der Waals surface area (Å²) >= 11 is 12.3.